The average Bonchev–Trinajstić information content (AvgIpc) is 2.70. The van der Waals surface area contributed by atoms with Crippen LogP contribution in [0.3, 0.4) is 0 Å². The summed E-state index contributed by atoms with van der Waals surface area (Å²) in [5.74, 6) is -0.727. The van der Waals surface area contributed by atoms with Gasteiger partial charge >= 0.3 is 0 Å². The number of carbonyl (C=O) groups is 2. The number of H-pyrrole nitrogens is 1. The summed E-state index contributed by atoms with van der Waals surface area (Å²) >= 11 is 16.5. The van der Waals surface area contributed by atoms with Crippen molar-refractivity contribution in [1.29, 1.82) is 0 Å². The van der Waals surface area contributed by atoms with Gasteiger partial charge in [0, 0.05) is 19.7 Å². The molecule has 0 spiro atoms. The fourth-order valence-electron chi connectivity index (χ4n) is 1.19. The first-order valence-electron chi connectivity index (χ1n) is 5.01. The fourth-order valence-corrected chi connectivity index (χ4v) is 1.49. The van der Waals surface area contributed by atoms with Crippen molar-refractivity contribution in [1.82, 2.24) is 10.3 Å². The van der Waals surface area contributed by atoms with Crippen LogP contribution in [0.2, 0.25) is 0 Å². The van der Waals surface area contributed by atoms with Gasteiger partial charge < -0.3 is 10.3 Å². The number of aromatic amines is 1. The fraction of sp³-hybridized carbons (Fsp3) is 0.273. The highest BCUT2D eigenvalue weighted by molar-refractivity contribution is 6.77. The molecule has 2 N–H and O–H groups in total. The normalized spacial score (nSPS) is 11.8. The molecular weight excluding hydrogens is 298 g/mol. The number of halogens is 3. The van der Waals surface area contributed by atoms with Crippen LogP contribution in [0.1, 0.15) is 23.0 Å². The Labute approximate surface area is 119 Å². The Morgan fingerprint density at radius 3 is 2.67 bits per heavy atom. The number of alkyl halides is 3. The molecule has 0 atom stereocenters. The Hall–Kier alpha value is -0.970. The summed E-state index contributed by atoms with van der Waals surface area (Å²) in [7, 11) is 0. The maximum atomic E-state index is 11.6. The van der Waals surface area contributed by atoms with Gasteiger partial charge in [0.15, 0.2) is 0 Å². The average molecular weight is 310 g/mol. The van der Waals surface area contributed by atoms with E-state index in [1.165, 1.54) is 6.92 Å². The van der Waals surface area contributed by atoms with E-state index in [1.54, 1.807) is 24.4 Å². The number of nitrogens with one attached hydrogen (secondary N) is 2. The first kappa shape index (κ1) is 15.1. The van der Waals surface area contributed by atoms with Crippen LogP contribution in [-0.4, -0.2) is 27.0 Å². The second-order valence-corrected chi connectivity index (χ2v) is 5.79. The first-order valence-corrected chi connectivity index (χ1v) is 6.15. The molecule has 18 heavy (non-hydrogen) atoms. The molecule has 1 heterocycles. The van der Waals surface area contributed by atoms with Gasteiger partial charge in [-0.1, -0.05) is 47.0 Å². The van der Waals surface area contributed by atoms with Crippen molar-refractivity contribution >= 4 is 52.6 Å². The van der Waals surface area contributed by atoms with E-state index < -0.39 is 9.58 Å². The lowest BCUT2D eigenvalue weighted by Gasteiger charge is -2.06. The highest BCUT2D eigenvalue weighted by atomic mass is 35.6. The minimum Gasteiger partial charge on any atom is -0.358 e. The molecule has 0 aliphatic carbocycles. The molecule has 0 radical (unpaired) electrons. The molecule has 7 heteroatoms. The van der Waals surface area contributed by atoms with E-state index in [9.17, 15) is 9.59 Å². The van der Waals surface area contributed by atoms with Gasteiger partial charge in [0.1, 0.15) is 0 Å². The first-order chi connectivity index (χ1) is 8.30. The van der Waals surface area contributed by atoms with Gasteiger partial charge in [-0.2, -0.15) is 0 Å². The van der Waals surface area contributed by atoms with Crippen molar-refractivity contribution in [2.24, 2.45) is 0 Å². The van der Waals surface area contributed by atoms with Gasteiger partial charge in [-0.05, 0) is 11.6 Å². The van der Waals surface area contributed by atoms with Crippen LogP contribution in [0.25, 0.3) is 6.08 Å². The predicted octanol–water partition coefficient (Wildman–Crippen LogP) is 2.72. The summed E-state index contributed by atoms with van der Waals surface area (Å²) in [5.41, 5.74) is 0.965. The summed E-state index contributed by atoms with van der Waals surface area (Å²) in [5, 5.41) is 2.60. The molecule has 0 fully saturated rings. The molecule has 0 aliphatic heterocycles. The number of aromatic nitrogens is 1. The zero-order valence-electron chi connectivity index (χ0n) is 9.47. The molecule has 1 amide bonds. The van der Waals surface area contributed by atoms with Gasteiger partial charge in [-0.15, -0.1) is 0 Å². The van der Waals surface area contributed by atoms with Gasteiger partial charge in [0.25, 0.3) is 3.79 Å². The molecule has 4 nitrogen and oxygen atoms in total. The molecule has 0 aliphatic rings. The van der Waals surface area contributed by atoms with Crippen molar-refractivity contribution in [3.8, 4) is 0 Å². The van der Waals surface area contributed by atoms with Crippen LogP contribution < -0.4 is 5.32 Å². The van der Waals surface area contributed by atoms with Gasteiger partial charge in [0.05, 0.1) is 5.69 Å². The topological polar surface area (TPSA) is 62.0 Å². The lowest BCUT2D eigenvalue weighted by atomic mass is 10.2. The Kier molecular flexibility index (Phi) is 5.26. The van der Waals surface area contributed by atoms with Crippen LogP contribution in [0, 0.1) is 0 Å². The van der Waals surface area contributed by atoms with Crippen molar-refractivity contribution in [3.05, 3.63) is 29.6 Å². The molecule has 0 saturated heterocycles. The van der Waals surface area contributed by atoms with Crippen LogP contribution in [0.15, 0.2) is 18.3 Å². The van der Waals surface area contributed by atoms with E-state index in [2.05, 4.69) is 10.3 Å². The number of ketones is 1. The van der Waals surface area contributed by atoms with Gasteiger partial charge in [0.2, 0.25) is 11.7 Å². The number of Topliss-reactive ketones (excluding diaryl/α,β-unsaturated/α-hetero) is 1. The second kappa shape index (κ2) is 6.27. The third kappa shape index (κ3) is 4.72. The zero-order chi connectivity index (χ0) is 13.8. The monoisotopic (exact) mass is 308 g/mol. The zero-order valence-corrected chi connectivity index (χ0v) is 11.7. The minimum absolute atomic E-state index is 0.110. The number of rotatable bonds is 4. The molecule has 1 aromatic heterocycles. The second-order valence-electron chi connectivity index (χ2n) is 3.51. The lowest BCUT2D eigenvalue weighted by molar-refractivity contribution is -0.118. The van der Waals surface area contributed by atoms with E-state index in [1.807, 2.05) is 0 Å². The van der Waals surface area contributed by atoms with E-state index in [-0.39, 0.29) is 11.6 Å². The molecule has 0 saturated carbocycles. The van der Waals surface area contributed by atoms with E-state index in [4.69, 9.17) is 34.8 Å². The standard InChI is InChI=1S/C11H11Cl3N2O2/c1-7(17)15-4-2-3-8-5-9(16-6-8)10(18)11(12,13)14/h2-3,5-6,16H,4H2,1H3,(H,15,17). The van der Waals surface area contributed by atoms with E-state index in [0.717, 1.165) is 5.56 Å². The predicted molar refractivity (Wildman–Crippen MR) is 73.1 cm³/mol. The SMILES string of the molecule is CC(=O)NCC=Cc1c[nH]c(C(=O)C(Cl)(Cl)Cl)c1. The molecular formula is C11H11Cl3N2O2. The quantitative estimate of drug-likeness (QED) is 0.663. The third-order valence-corrected chi connectivity index (χ3v) is 2.50. The van der Waals surface area contributed by atoms with Gasteiger partial charge in [-0.3, -0.25) is 9.59 Å². The Bertz CT molecular complexity index is 475. The Morgan fingerprint density at radius 2 is 2.11 bits per heavy atom. The van der Waals surface area contributed by atoms with Crippen LogP contribution in [0.5, 0.6) is 0 Å². The number of carbonyl (C=O) groups excluding carboxylic acids is 2. The van der Waals surface area contributed by atoms with Crippen LogP contribution >= 0.6 is 34.8 Å². The minimum atomic E-state index is -1.97. The summed E-state index contributed by atoms with van der Waals surface area (Å²) in [6.45, 7) is 1.84. The summed E-state index contributed by atoms with van der Waals surface area (Å²) in [6.07, 6.45) is 5.09. The summed E-state index contributed by atoms with van der Waals surface area (Å²) < 4.78 is -1.97. The maximum Gasteiger partial charge on any atom is 0.254 e. The number of hydrogen-bond acceptors (Lipinski definition) is 2. The van der Waals surface area contributed by atoms with Crippen molar-refractivity contribution in [2.45, 2.75) is 10.7 Å². The summed E-state index contributed by atoms with van der Waals surface area (Å²) in [6, 6.07) is 1.56. The highest BCUT2D eigenvalue weighted by Gasteiger charge is 2.32. The third-order valence-electron chi connectivity index (χ3n) is 1.99. The number of amides is 1. The van der Waals surface area contributed by atoms with Crippen LogP contribution in [-0.2, 0) is 4.79 Å². The number of hydrogen-bond donors (Lipinski definition) is 2. The van der Waals surface area contributed by atoms with E-state index >= 15 is 0 Å². The lowest BCUT2D eigenvalue weighted by Crippen LogP contribution is -2.19. The van der Waals surface area contributed by atoms with Crippen LogP contribution in [0.4, 0.5) is 0 Å². The van der Waals surface area contributed by atoms with Crippen molar-refractivity contribution in [2.75, 3.05) is 6.54 Å². The van der Waals surface area contributed by atoms with Crippen molar-refractivity contribution < 1.29 is 9.59 Å². The molecule has 1 aromatic rings. The van der Waals surface area contributed by atoms with Crippen molar-refractivity contribution in [3.63, 3.8) is 0 Å². The Morgan fingerprint density at radius 1 is 1.44 bits per heavy atom. The Balaban J connectivity index is 2.64. The highest BCUT2D eigenvalue weighted by Crippen LogP contribution is 2.30. The largest absolute Gasteiger partial charge is 0.358 e. The molecule has 98 valence electrons. The molecule has 0 bridgehead atoms. The molecule has 1 rings (SSSR count). The molecule has 0 unspecified atom stereocenters. The summed E-state index contributed by atoms with van der Waals surface area (Å²) in [4.78, 5) is 24.9. The van der Waals surface area contributed by atoms with Gasteiger partial charge in [-0.25, -0.2) is 0 Å². The maximum absolute atomic E-state index is 11.6. The molecule has 0 aromatic carbocycles. The smallest absolute Gasteiger partial charge is 0.254 e. The van der Waals surface area contributed by atoms with E-state index in [0.29, 0.717) is 6.54 Å².